The quantitative estimate of drug-likeness (QED) is 0.237. The Morgan fingerprint density at radius 1 is 0.976 bits per heavy atom. The average Bonchev–Trinajstić information content (AvgIpc) is 3.39. The first-order valence-corrected chi connectivity index (χ1v) is 13.2. The van der Waals surface area contributed by atoms with E-state index in [1.807, 2.05) is 30.3 Å². The number of methoxy groups -OCH3 is 3. The molecule has 5 N–H and O–H groups in total. The number of carbonyl (C=O) groups is 3. The Kier molecular flexibility index (Phi) is 9.22. The van der Waals surface area contributed by atoms with E-state index in [-0.39, 0.29) is 51.3 Å². The fourth-order valence-corrected chi connectivity index (χ4v) is 5.05. The molecule has 3 amide bonds. The molecule has 0 saturated carbocycles. The molecule has 0 fully saturated rings. The first kappa shape index (κ1) is 29.8. The Bertz CT molecular complexity index is 1590. The number of primary amides is 1. The SMILES string of the molecule is COc1cc([C@H](C(=O)NCc2ccccc2)N(C(=O)c2snc(C(N)=O)c2N)c2cccc(F)c2)cc(OC)c1OC. The van der Waals surface area contributed by atoms with Crippen LogP contribution in [0.4, 0.5) is 15.8 Å². The van der Waals surface area contributed by atoms with E-state index >= 15 is 0 Å². The maximum absolute atomic E-state index is 14.6. The third-order valence-electron chi connectivity index (χ3n) is 6.28. The molecule has 42 heavy (non-hydrogen) atoms. The molecule has 11 nitrogen and oxygen atoms in total. The van der Waals surface area contributed by atoms with Gasteiger partial charge in [0.05, 0.1) is 27.0 Å². The summed E-state index contributed by atoms with van der Waals surface area (Å²) in [4.78, 5) is 41.0. The molecule has 218 valence electrons. The smallest absolute Gasteiger partial charge is 0.273 e. The molecule has 3 aromatic carbocycles. The van der Waals surface area contributed by atoms with Crippen molar-refractivity contribution in [2.45, 2.75) is 12.6 Å². The van der Waals surface area contributed by atoms with Gasteiger partial charge in [0.1, 0.15) is 16.7 Å². The van der Waals surface area contributed by atoms with E-state index < -0.39 is 29.6 Å². The molecule has 0 spiro atoms. The van der Waals surface area contributed by atoms with Crippen LogP contribution in [0.2, 0.25) is 0 Å². The summed E-state index contributed by atoms with van der Waals surface area (Å²) >= 11 is 0.634. The molecule has 0 saturated heterocycles. The highest BCUT2D eigenvalue weighted by atomic mass is 32.1. The largest absolute Gasteiger partial charge is 0.493 e. The van der Waals surface area contributed by atoms with Crippen molar-refractivity contribution in [3.8, 4) is 17.2 Å². The number of hydrogen-bond donors (Lipinski definition) is 3. The maximum atomic E-state index is 14.6. The Morgan fingerprint density at radius 3 is 2.19 bits per heavy atom. The molecule has 1 heterocycles. The predicted molar refractivity (Wildman–Crippen MR) is 155 cm³/mol. The van der Waals surface area contributed by atoms with Gasteiger partial charge in [-0.05, 0) is 53.0 Å². The van der Waals surface area contributed by atoms with E-state index in [0.717, 1.165) is 16.5 Å². The van der Waals surface area contributed by atoms with E-state index in [0.29, 0.717) is 11.5 Å². The van der Waals surface area contributed by atoms with E-state index in [4.69, 9.17) is 25.7 Å². The Labute approximate surface area is 245 Å². The zero-order valence-electron chi connectivity index (χ0n) is 22.9. The van der Waals surface area contributed by atoms with Gasteiger partial charge >= 0.3 is 0 Å². The molecule has 1 atom stereocenters. The molecule has 4 aromatic rings. The summed E-state index contributed by atoms with van der Waals surface area (Å²) in [6, 6.07) is 15.9. The zero-order chi connectivity index (χ0) is 30.4. The van der Waals surface area contributed by atoms with Gasteiger partial charge in [0.15, 0.2) is 17.2 Å². The van der Waals surface area contributed by atoms with Crippen molar-refractivity contribution < 1.29 is 33.0 Å². The van der Waals surface area contributed by atoms with E-state index in [2.05, 4.69) is 9.69 Å². The van der Waals surface area contributed by atoms with Crippen LogP contribution >= 0.6 is 11.5 Å². The molecule has 4 rings (SSSR count). The van der Waals surface area contributed by atoms with E-state index in [1.54, 1.807) is 0 Å². The highest BCUT2D eigenvalue weighted by Gasteiger charge is 2.37. The zero-order valence-corrected chi connectivity index (χ0v) is 23.7. The van der Waals surface area contributed by atoms with Crippen LogP contribution in [-0.2, 0) is 11.3 Å². The number of rotatable bonds is 11. The van der Waals surface area contributed by atoms with Crippen LogP contribution in [0.3, 0.4) is 0 Å². The lowest BCUT2D eigenvalue weighted by molar-refractivity contribution is -0.122. The van der Waals surface area contributed by atoms with Crippen molar-refractivity contribution in [1.29, 1.82) is 0 Å². The number of nitrogen functional groups attached to an aromatic ring is 1. The summed E-state index contributed by atoms with van der Waals surface area (Å²) < 4.78 is 34.9. The lowest BCUT2D eigenvalue weighted by Crippen LogP contribution is -2.44. The lowest BCUT2D eigenvalue weighted by Gasteiger charge is -2.32. The summed E-state index contributed by atoms with van der Waals surface area (Å²) in [5, 5.41) is 2.85. The summed E-state index contributed by atoms with van der Waals surface area (Å²) in [6.45, 7) is 0.125. The van der Waals surface area contributed by atoms with Gasteiger partial charge in [-0.3, -0.25) is 19.3 Å². The molecule has 0 radical (unpaired) electrons. The molecular weight excluding hydrogens is 565 g/mol. The molecule has 0 aliphatic carbocycles. The predicted octanol–water partition coefficient (Wildman–Crippen LogP) is 3.69. The molecule has 0 aliphatic rings. The van der Waals surface area contributed by atoms with Gasteiger partial charge in [-0.15, -0.1) is 0 Å². The van der Waals surface area contributed by atoms with Gasteiger partial charge in [-0.1, -0.05) is 36.4 Å². The normalized spacial score (nSPS) is 11.3. The van der Waals surface area contributed by atoms with Crippen molar-refractivity contribution in [1.82, 2.24) is 9.69 Å². The van der Waals surface area contributed by atoms with Crippen LogP contribution in [0.25, 0.3) is 0 Å². The number of hydrogen-bond acceptors (Lipinski definition) is 9. The number of aromatic nitrogens is 1. The minimum atomic E-state index is -1.42. The third kappa shape index (κ3) is 6.10. The van der Waals surface area contributed by atoms with Crippen LogP contribution in [0.15, 0.2) is 66.7 Å². The molecular formula is C29H28FN5O6S. The monoisotopic (exact) mass is 593 g/mol. The van der Waals surface area contributed by atoms with Crippen LogP contribution < -0.4 is 35.9 Å². The van der Waals surface area contributed by atoms with Crippen LogP contribution in [0.5, 0.6) is 17.2 Å². The third-order valence-corrected chi connectivity index (χ3v) is 7.13. The van der Waals surface area contributed by atoms with Crippen molar-refractivity contribution in [3.63, 3.8) is 0 Å². The molecule has 0 unspecified atom stereocenters. The second-order valence-corrected chi connectivity index (χ2v) is 9.63. The lowest BCUT2D eigenvalue weighted by atomic mass is 10.0. The van der Waals surface area contributed by atoms with Crippen molar-refractivity contribution in [3.05, 3.63) is 94.2 Å². The highest BCUT2D eigenvalue weighted by molar-refractivity contribution is 7.09. The van der Waals surface area contributed by atoms with Gasteiger partial charge < -0.3 is 31.0 Å². The number of ether oxygens (including phenoxy) is 3. The van der Waals surface area contributed by atoms with Crippen LogP contribution in [0, 0.1) is 5.82 Å². The fourth-order valence-electron chi connectivity index (χ4n) is 4.31. The molecule has 1 aromatic heterocycles. The van der Waals surface area contributed by atoms with Crippen LogP contribution in [0.1, 0.15) is 37.3 Å². The van der Waals surface area contributed by atoms with Gasteiger partial charge in [0.25, 0.3) is 11.8 Å². The number of carbonyl (C=O) groups excluding carboxylic acids is 3. The minimum absolute atomic E-state index is 0.0297. The minimum Gasteiger partial charge on any atom is -0.493 e. The Morgan fingerprint density at radius 2 is 1.64 bits per heavy atom. The van der Waals surface area contributed by atoms with Crippen LogP contribution in [-0.4, -0.2) is 43.4 Å². The van der Waals surface area contributed by atoms with E-state index in [1.165, 1.54) is 51.7 Å². The summed E-state index contributed by atoms with van der Waals surface area (Å²) in [7, 11) is 4.24. The van der Waals surface area contributed by atoms with E-state index in [9.17, 15) is 18.8 Å². The number of halogens is 1. The van der Waals surface area contributed by atoms with Crippen molar-refractivity contribution in [2.24, 2.45) is 5.73 Å². The topological polar surface area (TPSA) is 159 Å². The molecule has 0 aliphatic heterocycles. The number of benzene rings is 3. The number of nitrogens with two attached hydrogens (primary N) is 2. The Hall–Kier alpha value is -5.17. The van der Waals surface area contributed by atoms with Gasteiger partial charge in [0.2, 0.25) is 11.7 Å². The molecule has 13 heteroatoms. The van der Waals surface area contributed by atoms with Crippen molar-refractivity contribution >= 4 is 40.6 Å². The summed E-state index contributed by atoms with van der Waals surface area (Å²) in [6.07, 6.45) is 0. The van der Waals surface area contributed by atoms with Gasteiger partial charge in [-0.2, -0.15) is 4.37 Å². The summed E-state index contributed by atoms with van der Waals surface area (Å²) in [5.41, 5.74) is 12.0. The fraction of sp³-hybridized carbons (Fsp3) is 0.172. The summed E-state index contributed by atoms with van der Waals surface area (Å²) in [5.74, 6) is -2.34. The molecule has 0 bridgehead atoms. The number of amides is 3. The van der Waals surface area contributed by atoms with Crippen molar-refractivity contribution in [2.75, 3.05) is 32.0 Å². The van der Waals surface area contributed by atoms with Gasteiger partial charge in [0, 0.05) is 12.2 Å². The number of nitrogens with one attached hydrogen (secondary N) is 1. The standard InChI is InChI=1S/C29H28FN5O6S/c1-39-20-12-17(13-21(40-2)25(20)41-3)24(28(37)33-15-16-8-5-4-6-9-16)35(19-11-7-10-18(30)14-19)29(38)26-22(31)23(27(32)36)34-42-26/h4-14,24H,15,31H2,1-3H3,(H2,32,36)(H,33,37)/t24-/m1/s1. The second kappa shape index (κ2) is 13.0. The average molecular weight is 594 g/mol. The highest BCUT2D eigenvalue weighted by Crippen LogP contribution is 2.42. The number of anilines is 2. The first-order chi connectivity index (χ1) is 20.2. The second-order valence-electron chi connectivity index (χ2n) is 8.86. The number of nitrogens with zero attached hydrogens (tertiary/aromatic N) is 2. The first-order valence-electron chi connectivity index (χ1n) is 12.5. The van der Waals surface area contributed by atoms with Gasteiger partial charge in [-0.25, -0.2) is 4.39 Å². The Balaban J connectivity index is 1.94. The maximum Gasteiger partial charge on any atom is 0.273 e.